The van der Waals surface area contributed by atoms with E-state index in [0.29, 0.717) is 6.42 Å². The fourth-order valence-corrected chi connectivity index (χ4v) is 4.84. The molecule has 1 aliphatic heterocycles. The fraction of sp³-hybridized carbons (Fsp3) is 0.360. The van der Waals surface area contributed by atoms with Crippen LogP contribution >= 0.6 is 0 Å². The molecule has 0 amide bonds. The van der Waals surface area contributed by atoms with E-state index in [4.69, 9.17) is 9.52 Å². The summed E-state index contributed by atoms with van der Waals surface area (Å²) in [5.41, 5.74) is 5.89. The summed E-state index contributed by atoms with van der Waals surface area (Å²) in [7, 11) is 0. The van der Waals surface area contributed by atoms with Crippen molar-refractivity contribution in [1.29, 1.82) is 0 Å². The van der Waals surface area contributed by atoms with Crippen LogP contribution in [0.1, 0.15) is 60.9 Å². The van der Waals surface area contributed by atoms with Gasteiger partial charge in [0.05, 0.1) is 17.3 Å². The summed E-state index contributed by atoms with van der Waals surface area (Å²) < 4.78 is 8.02. The number of furan rings is 1. The first-order valence-corrected chi connectivity index (χ1v) is 10.5. The zero-order valence-corrected chi connectivity index (χ0v) is 18.2. The Morgan fingerprint density at radius 3 is 2.47 bits per heavy atom. The molecule has 5 heteroatoms. The number of aryl methyl sites for hydroxylation is 3. The lowest BCUT2D eigenvalue weighted by atomic mass is 9.70. The number of anilines is 1. The monoisotopic (exact) mass is 401 g/mol. The molecule has 0 saturated heterocycles. The standard InChI is InChI=1S/C25H27N3O2/c1-14-6-9-17(10-7-14)28-24-21(16(3)27-28)23(20-11-8-15(2)30-20)22-18(26-24)12-25(4,5)13-19(22)29/h6-11,23,26H,12-13H2,1-5H3. The summed E-state index contributed by atoms with van der Waals surface area (Å²) in [6.07, 6.45) is 1.37. The highest BCUT2D eigenvalue weighted by molar-refractivity contribution is 6.01. The molecule has 3 heterocycles. The number of nitrogens with zero attached hydrogens (tertiary/aromatic N) is 2. The van der Waals surface area contributed by atoms with Crippen LogP contribution in [-0.4, -0.2) is 15.6 Å². The minimum atomic E-state index is -0.229. The molecule has 0 fully saturated rings. The maximum Gasteiger partial charge on any atom is 0.162 e. The van der Waals surface area contributed by atoms with Crippen LogP contribution in [0.4, 0.5) is 5.82 Å². The first kappa shape index (κ1) is 18.9. The minimum Gasteiger partial charge on any atom is -0.465 e. The van der Waals surface area contributed by atoms with Crippen molar-refractivity contribution >= 4 is 11.6 Å². The lowest BCUT2D eigenvalue weighted by Crippen LogP contribution is -2.34. The summed E-state index contributed by atoms with van der Waals surface area (Å²) in [5.74, 6) is 2.55. The Morgan fingerprint density at radius 2 is 1.80 bits per heavy atom. The lowest BCUT2D eigenvalue weighted by Gasteiger charge is -2.38. The predicted molar refractivity (Wildman–Crippen MR) is 117 cm³/mol. The minimum absolute atomic E-state index is 0.0756. The highest BCUT2D eigenvalue weighted by Gasteiger charge is 2.44. The largest absolute Gasteiger partial charge is 0.465 e. The van der Waals surface area contributed by atoms with Crippen LogP contribution in [0.25, 0.3) is 5.69 Å². The number of allylic oxidation sites excluding steroid dienone is 2. The number of hydrogen-bond acceptors (Lipinski definition) is 4. The zero-order chi connectivity index (χ0) is 21.2. The van der Waals surface area contributed by atoms with E-state index in [1.54, 1.807) is 0 Å². The first-order chi connectivity index (χ1) is 14.2. The van der Waals surface area contributed by atoms with E-state index in [-0.39, 0.29) is 17.1 Å². The fourth-order valence-electron chi connectivity index (χ4n) is 4.84. The number of carbonyl (C=O) groups excluding carboxylic acids is 1. The Balaban J connectivity index is 1.74. The third kappa shape index (κ3) is 2.92. The molecule has 1 aliphatic carbocycles. The number of aromatic nitrogens is 2. The maximum atomic E-state index is 13.3. The van der Waals surface area contributed by atoms with Gasteiger partial charge in [0, 0.05) is 23.3 Å². The summed E-state index contributed by atoms with van der Waals surface area (Å²) in [6, 6.07) is 12.3. The molecule has 0 radical (unpaired) electrons. The molecule has 1 atom stereocenters. The average Bonchev–Trinajstić information content (AvgIpc) is 3.23. The van der Waals surface area contributed by atoms with E-state index in [0.717, 1.165) is 52.0 Å². The number of nitrogens with one attached hydrogen (secondary N) is 1. The van der Waals surface area contributed by atoms with Crippen LogP contribution in [0.5, 0.6) is 0 Å². The van der Waals surface area contributed by atoms with Gasteiger partial charge >= 0.3 is 0 Å². The van der Waals surface area contributed by atoms with E-state index in [9.17, 15) is 4.79 Å². The van der Waals surface area contributed by atoms with Crippen molar-refractivity contribution in [3.63, 3.8) is 0 Å². The van der Waals surface area contributed by atoms with Gasteiger partial charge in [-0.1, -0.05) is 31.5 Å². The van der Waals surface area contributed by atoms with Crippen molar-refractivity contribution in [3.8, 4) is 5.69 Å². The average molecular weight is 402 g/mol. The zero-order valence-electron chi connectivity index (χ0n) is 18.2. The van der Waals surface area contributed by atoms with Gasteiger partial charge in [0.15, 0.2) is 5.78 Å². The molecule has 3 aromatic rings. The van der Waals surface area contributed by atoms with Crippen molar-refractivity contribution in [3.05, 3.63) is 76.0 Å². The predicted octanol–water partition coefficient (Wildman–Crippen LogP) is 5.59. The van der Waals surface area contributed by atoms with Crippen LogP contribution in [-0.2, 0) is 4.79 Å². The Kier molecular flexibility index (Phi) is 4.07. The summed E-state index contributed by atoms with van der Waals surface area (Å²) in [4.78, 5) is 13.3. The number of benzene rings is 1. The molecular formula is C25H27N3O2. The maximum absolute atomic E-state index is 13.3. The molecule has 154 valence electrons. The molecule has 30 heavy (non-hydrogen) atoms. The number of rotatable bonds is 2. The number of hydrogen-bond donors (Lipinski definition) is 1. The third-order valence-electron chi connectivity index (χ3n) is 6.20. The van der Waals surface area contributed by atoms with Crippen LogP contribution in [0.2, 0.25) is 0 Å². The van der Waals surface area contributed by atoms with Crippen LogP contribution < -0.4 is 5.32 Å². The van der Waals surface area contributed by atoms with Gasteiger partial charge in [0.1, 0.15) is 17.3 Å². The van der Waals surface area contributed by atoms with Gasteiger partial charge in [-0.3, -0.25) is 4.79 Å². The molecular weight excluding hydrogens is 374 g/mol. The normalized spacial score (nSPS) is 20.0. The number of carbonyl (C=O) groups is 1. The molecule has 2 aromatic heterocycles. The van der Waals surface area contributed by atoms with Gasteiger partial charge in [-0.25, -0.2) is 4.68 Å². The Bertz CT molecular complexity index is 1190. The molecule has 5 rings (SSSR count). The van der Waals surface area contributed by atoms with E-state index >= 15 is 0 Å². The summed E-state index contributed by atoms with van der Waals surface area (Å²) in [6.45, 7) is 10.3. The van der Waals surface area contributed by atoms with Gasteiger partial charge in [0.25, 0.3) is 0 Å². The second-order valence-corrected chi connectivity index (χ2v) is 9.43. The van der Waals surface area contributed by atoms with E-state index in [2.05, 4.69) is 50.4 Å². The topological polar surface area (TPSA) is 60.1 Å². The first-order valence-electron chi connectivity index (χ1n) is 10.5. The van der Waals surface area contributed by atoms with Crippen molar-refractivity contribution in [1.82, 2.24) is 9.78 Å². The second-order valence-electron chi connectivity index (χ2n) is 9.43. The molecule has 2 aliphatic rings. The van der Waals surface area contributed by atoms with Gasteiger partial charge in [-0.05, 0) is 56.9 Å². The highest BCUT2D eigenvalue weighted by atomic mass is 16.3. The van der Waals surface area contributed by atoms with E-state index < -0.39 is 0 Å². The van der Waals surface area contributed by atoms with Crippen molar-refractivity contribution in [2.75, 3.05) is 5.32 Å². The summed E-state index contributed by atoms with van der Waals surface area (Å²) in [5, 5.41) is 8.48. The number of Topliss-reactive ketones (excluding diaryl/α,β-unsaturated/α-hetero) is 1. The van der Waals surface area contributed by atoms with Crippen molar-refractivity contribution in [2.24, 2.45) is 5.41 Å². The summed E-state index contributed by atoms with van der Waals surface area (Å²) >= 11 is 0. The molecule has 1 unspecified atom stereocenters. The van der Waals surface area contributed by atoms with Crippen molar-refractivity contribution in [2.45, 2.75) is 53.4 Å². The van der Waals surface area contributed by atoms with Crippen LogP contribution in [0.3, 0.4) is 0 Å². The molecule has 0 spiro atoms. The Labute approximate surface area is 176 Å². The Morgan fingerprint density at radius 1 is 1.07 bits per heavy atom. The molecule has 5 nitrogen and oxygen atoms in total. The van der Waals surface area contributed by atoms with Gasteiger partial charge in [-0.15, -0.1) is 0 Å². The van der Waals surface area contributed by atoms with Crippen molar-refractivity contribution < 1.29 is 9.21 Å². The highest BCUT2D eigenvalue weighted by Crippen LogP contribution is 2.50. The SMILES string of the molecule is Cc1ccc(-n2nc(C)c3c2NC2=C(C(=O)CC(C)(C)C2)C3c2ccc(C)o2)cc1. The quantitative estimate of drug-likeness (QED) is 0.608. The smallest absolute Gasteiger partial charge is 0.162 e. The number of fused-ring (bicyclic) bond motifs is 1. The van der Waals surface area contributed by atoms with Gasteiger partial charge in [0.2, 0.25) is 0 Å². The molecule has 1 aromatic carbocycles. The van der Waals surface area contributed by atoms with Gasteiger partial charge < -0.3 is 9.73 Å². The van der Waals surface area contributed by atoms with Crippen LogP contribution in [0, 0.1) is 26.2 Å². The third-order valence-corrected chi connectivity index (χ3v) is 6.20. The van der Waals surface area contributed by atoms with E-state index in [1.165, 1.54) is 5.56 Å². The lowest BCUT2D eigenvalue weighted by molar-refractivity contribution is -0.118. The Hall–Kier alpha value is -3.08. The second kappa shape index (κ2) is 6.46. The van der Waals surface area contributed by atoms with Crippen LogP contribution in [0.15, 0.2) is 52.1 Å². The van der Waals surface area contributed by atoms with Gasteiger partial charge in [-0.2, -0.15) is 5.10 Å². The van der Waals surface area contributed by atoms with E-state index in [1.807, 2.05) is 30.7 Å². The number of ketones is 1. The molecule has 1 N–H and O–H groups in total. The molecule has 0 saturated carbocycles. The molecule has 0 bridgehead atoms.